The van der Waals surface area contributed by atoms with Crippen molar-refractivity contribution in [2.45, 2.75) is 25.8 Å². The maximum Gasteiger partial charge on any atom is 0.256 e. The van der Waals surface area contributed by atoms with Crippen LogP contribution >= 0.6 is 12.2 Å². The highest BCUT2D eigenvalue weighted by atomic mass is 32.1. The fourth-order valence-electron chi connectivity index (χ4n) is 3.99. The van der Waals surface area contributed by atoms with Crippen molar-refractivity contribution in [1.29, 1.82) is 0 Å². The van der Waals surface area contributed by atoms with Gasteiger partial charge in [-0.3, -0.25) is 14.5 Å². The average molecular weight is 525 g/mol. The Morgan fingerprint density at radius 1 is 1.03 bits per heavy atom. The van der Waals surface area contributed by atoms with Crippen molar-refractivity contribution in [1.82, 2.24) is 20.3 Å². The quantitative estimate of drug-likeness (QED) is 0.324. The van der Waals surface area contributed by atoms with Gasteiger partial charge in [-0.25, -0.2) is 15.0 Å². The lowest BCUT2D eigenvalue weighted by molar-refractivity contribution is -0.122. The van der Waals surface area contributed by atoms with Gasteiger partial charge in [0.25, 0.3) is 5.91 Å². The van der Waals surface area contributed by atoms with Crippen LogP contribution in [0.1, 0.15) is 19.2 Å². The van der Waals surface area contributed by atoms with Crippen LogP contribution in [0, 0.1) is 0 Å². The van der Waals surface area contributed by atoms with E-state index in [1.165, 1.54) is 4.90 Å². The third kappa shape index (κ3) is 5.50. The molecule has 3 heterocycles. The number of carbonyl (C=O) groups excluding carboxylic acids is 2. The SMILES string of the molecule is CCc1nccc(-c2cccnc2Oc2ccc(NC(=O)CC3NC(=S)N(c4ccccc4)C3=O)cc2)n1. The van der Waals surface area contributed by atoms with Gasteiger partial charge in [0.1, 0.15) is 17.6 Å². The van der Waals surface area contributed by atoms with Gasteiger partial charge in [-0.05, 0) is 66.8 Å². The molecule has 5 rings (SSSR count). The number of amides is 2. The highest BCUT2D eigenvalue weighted by molar-refractivity contribution is 7.80. The number of nitrogens with zero attached hydrogens (tertiary/aromatic N) is 4. The zero-order valence-corrected chi connectivity index (χ0v) is 21.3. The molecule has 0 radical (unpaired) electrons. The van der Waals surface area contributed by atoms with Gasteiger partial charge in [0.2, 0.25) is 11.8 Å². The summed E-state index contributed by atoms with van der Waals surface area (Å²) in [7, 11) is 0. The molecule has 0 aliphatic carbocycles. The molecule has 1 fully saturated rings. The number of aromatic nitrogens is 3. The van der Waals surface area contributed by atoms with E-state index in [1.807, 2.05) is 43.3 Å². The van der Waals surface area contributed by atoms with Crippen molar-refractivity contribution in [3.63, 3.8) is 0 Å². The number of nitrogens with one attached hydrogen (secondary N) is 2. The summed E-state index contributed by atoms with van der Waals surface area (Å²) in [5.74, 6) is 1.12. The standard InChI is InChI=1S/C28H24N6O3S/c1-2-24-29-16-14-22(32-24)21-9-6-15-30-26(21)37-20-12-10-18(11-13-20)31-25(35)17-23-27(36)34(28(38)33-23)19-7-4-3-5-8-19/h3-16,23H,2,17H2,1H3,(H,31,35)(H,33,38). The Morgan fingerprint density at radius 2 is 1.82 bits per heavy atom. The van der Waals surface area contributed by atoms with Gasteiger partial charge in [0.05, 0.1) is 23.4 Å². The number of thiocarbonyl (C=S) groups is 1. The van der Waals surface area contributed by atoms with E-state index >= 15 is 0 Å². The van der Waals surface area contributed by atoms with Crippen LogP contribution in [-0.4, -0.2) is 37.9 Å². The monoisotopic (exact) mass is 524 g/mol. The summed E-state index contributed by atoms with van der Waals surface area (Å²) in [5.41, 5.74) is 2.71. The topological polar surface area (TPSA) is 109 Å². The molecular weight excluding hydrogens is 500 g/mol. The number of hydrogen-bond acceptors (Lipinski definition) is 7. The van der Waals surface area contributed by atoms with Crippen molar-refractivity contribution in [2.75, 3.05) is 10.2 Å². The van der Waals surface area contributed by atoms with Gasteiger partial charge in [-0.1, -0.05) is 25.1 Å². The molecule has 1 unspecified atom stereocenters. The largest absolute Gasteiger partial charge is 0.438 e. The smallest absolute Gasteiger partial charge is 0.256 e. The molecule has 2 N–H and O–H groups in total. The Morgan fingerprint density at radius 3 is 2.58 bits per heavy atom. The Hall–Kier alpha value is -4.70. The van der Waals surface area contributed by atoms with E-state index < -0.39 is 6.04 Å². The number of ether oxygens (including phenoxy) is 1. The third-order valence-corrected chi connectivity index (χ3v) is 6.15. The average Bonchev–Trinajstić information content (AvgIpc) is 3.22. The van der Waals surface area contributed by atoms with Crippen LogP contribution in [0.15, 0.2) is 85.2 Å². The fourth-order valence-corrected chi connectivity index (χ4v) is 4.33. The highest BCUT2D eigenvalue weighted by Crippen LogP contribution is 2.30. The minimum absolute atomic E-state index is 0.0590. The first-order valence-corrected chi connectivity index (χ1v) is 12.5. The van der Waals surface area contributed by atoms with Crippen LogP contribution in [-0.2, 0) is 16.0 Å². The Balaban J connectivity index is 1.22. The number of benzene rings is 2. The summed E-state index contributed by atoms with van der Waals surface area (Å²) in [4.78, 5) is 40.1. The number of pyridine rings is 1. The summed E-state index contributed by atoms with van der Waals surface area (Å²) >= 11 is 5.32. The van der Waals surface area contributed by atoms with Crippen LogP contribution in [0.5, 0.6) is 11.6 Å². The van der Waals surface area contributed by atoms with Crippen LogP contribution in [0.3, 0.4) is 0 Å². The Bertz CT molecular complexity index is 1480. The lowest BCUT2D eigenvalue weighted by Crippen LogP contribution is -2.34. The molecule has 9 nitrogen and oxygen atoms in total. The fraction of sp³-hybridized carbons (Fsp3) is 0.143. The predicted octanol–water partition coefficient (Wildman–Crippen LogP) is 4.51. The number of aryl methyl sites for hydroxylation is 1. The maximum absolute atomic E-state index is 12.9. The van der Waals surface area contributed by atoms with Crippen molar-refractivity contribution < 1.29 is 14.3 Å². The molecule has 1 saturated heterocycles. The van der Waals surface area contributed by atoms with Crippen molar-refractivity contribution in [2.24, 2.45) is 0 Å². The van der Waals surface area contributed by atoms with Crippen LogP contribution in [0.4, 0.5) is 11.4 Å². The minimum atomic E-state index is -0.733. The van der Waals surface area contributed by atoms with E-state index in [2.05, 4.69) is 25.6 Å². The van der Waals surface area contributed by atoms with Gasteiger partial charge >= 0.3 is 0 Å². The lowest BCUT2D eigenvalue weighted by atomic mass is 10.2. The maximum atomic E-state index is 12.9. The number of hydrogen-bond donors (Lipinski definition) is 2. The summed E-state index contributed by atoms with van der Waals surface area (Å²) in [6, 6.07) is 20.8. The minimum Gasteiger partial charge on any atom is -0.438 e. The second-order valence-electron chi connectivity index (χ2n) is 8.46. The molecule has 38 heavy (non-hydrogen) atoms. The van der Waals surface area contributed by atoms with Crippen LogP contribution in [0.2, 0.25) is 0 Å². The van der Waals surface area contributed by atoms with E-state index in [9.17, 15) is 9.59 Å². The number of para-hydroxylation sites is 1. The molecule has 1 aliphatic rings. The van der Waals surface area contributed by atoms with Crippen molar-refractivity contribution >= 4 is 40.5 Å². The van der Waals surface area contributed by atoms with E-state index in [-0.39, 0.29) is 23.3 Å². The number of rotatable bonds is 8. The molecule has 1 aliphatic heterocycles. The zero-order chi connectivity index (χ0) is 26.5. The van der Waals surface area contributed by atoms with Crippen LogP contribution in [0.25, 0.3) is 11.3 Å². The van der Waals surface area contributed by atoms with Gasteiger partial charge in [0, 0.05) is 24.5 Å². The van der Waals surface area contributed by atoms with E-state index in [0.717, 1.165) is 23.5 Å². The normalized spacial score (nSPS) is 14.8. The van der Waals surface area contributed by atoms with E-state index in [1.54, 1.807) is 48.8 Å². The van der Waals surface area contributed by atoms with Crippen molar-refractivity contribution in [3.8, 4) is 22.9 Å². The molecule has 4 aromatic rings. The second kappa shape index (κ2) is 11.1. The summed E-state index contributed by atoms with van der Waals surface area (Å²) < 4.78 is 6.03. The predicted molar refractivity (Wildman–Crippen MR) is 148 cm³/mol. The summed E-state index contributed by atoms with van der Waals surface area (Å²) in [5, 5.41) is 6.04. The first-order valence-electron chi connectivity index (χ1n) is 12.1. The molecule has 190 valence electrons. The Labute approximate surface area is 224 Å². The zero-order valence-electron chi connectivity index (χ0n) is 20.5. The summed E-state index contributed by atoms with van der Waals surface area (Å²) in [6.45, 7) is 2.00. The van der Waals surface area contributed by atoms with Gasteiger partial charge < -0.3 is 15.4 Å². The molecule has 0 bridgehead atoms. The number of anilines is 2. The molecule has 2 aromatic carbocycles. The molecule has 2 aromatic heterocycles. The first-order chi connectivity index (χ1) is 18.5. The Kier molecular flexibility index (Phi) is 7.32. The summed E-state index contributed by atoms with van der Waals surface area (Å²) in [6.07, 6.45) is 4.03. The molecule has 0 saturated carbocycles. The van der Waals surface area contributed by atoms with Gasteiger partial charge in [-0.2, -0.15) is 0 Å². The van der Waals surface area contributed by atoms with Gasteiger partial charge in [0.15, 0.2) is 5.11 Å². The molecule has 1 atom stereocenters. The van der Waals surface area contributed by atoms with E-state index in [4.69, 9.17) is 17.0 Å². The number of carbonyl (C=O) groups is 2. The molecule has 0 spiro atoms. The third-order valence-electron chi connectivity index (χ3n) is 5.84. The van der Waals surface area contributed by atoms with Crippen molar-refractivity contribution in [3.05, 3.63) is 91.0 Å². The molecule has 2 amide bonds. The van der Waals surface area contributed by atoms with Gasteiger partial charge in [-0.15, -0.1) is 0 Å². The lowest BCUT2D eigenvalue weighted by Gasteiger charge is -2.14. The molecular formula is C28H24N6O3S. The molecule has 10 heteroatoms. The highest BCUT2D eigenvalue weighted by Gasteiger charge is 2.37. The van der Waals surface area contributed by atoms with E-state index in [0.29, 0.717) is 23.0 Å². The first kappa shape index (κ1) is 25.0. The second-order valence-corrected chi connectivity index (χ2v) is 8.84. The van der Waals surface area contributed by atoms with Crippen LogP contribution < -0.4 is 20.3 Å².